The molecule has 1 N–H and O–H groups in total. The summed E-state index contributed by atoms with van der Waals surface area (Å²) in [6.45, 7) is 4.43. The van der Waals surface area contributed by atoms with Gasteiger partial charge in [-0.3, -0.25) is 0 Å². The minimum atomic E-state index is -3.51. The van der Waals surface area contributed by atoms with Crippen LogP contribution in [0.15, 0.2) is 17.6 Å². The molecule has 2 heterocycles. The van der Waals surface area contributed by atoms with E-state index in [2.05, 4.69) is 10.3 Å². The van der Waals surface area contributed by atoms with Crippen molar-refractivity contribution >= 4 is 10.0 Å². The molecule has 1 unspecified atom stereocenters. The SMILES string of the molecule is CCn1cnc(S(=O)(=O)N2CCOC(CNC)C2)c1. The molecule has 19 heavy (non-hydrogen) atoms. The normalized spacial score (nSPS) is 21.7. The zero-order valence-electron chi connectivity index (χ0n) is 11.2. The molecule has 1 aliphatic rings. The van der Waals surface area contributed by atoms with Crippen LogP contribution in [0.3, 0.4) is 0 Å². The third-order valence-electron chi connectivity index (χ3n) is 3.11. The number of hydrogen-bond acceptors (Lipinski definition) is 5. The largest absolute Gasteiger partial charge is 0.374 e. The van der Waals surface area contributed by atoms with Crippen molar-refractivity contribution in [2.24, 2.45) is 0 Å². The van der Waals surface area contributed by atoms with Crippen LogP contribution >= 0.6 is 0 Å². The zero-order valence-corrected chi connectivity index (χ0v) is 12.1. The van der Waals surface area contributed by atoms with E-state index in [0.29, 0.717) is 32.8 Å². The number of imidazole rings is 1. The number of ether oxygens (including phenoxy) is 1. The molecule has 1 aliphatic heterocycles. The molecular formula is C11H20N4O3S. The fourth-order valence-electron chi connectivity index (χ4n) is 2.04. The van der Waals surface area contributed by atoms with Gasteiger partial charge in [0, 0.05) is 32.4 Å². The lowest BCUT2D eigenvalue weighted by Crippen LogP contribution is -2.48. The molecule has 0 bridgehead atoms. The first kappa shape index (κ1) is 14.4. The second-order valence-electron chi connectivity index (χ2n) is 4.46. The maximum Gasteiger partial charge on any atom is 0.262 e. The quantitative estimate of drug-likeness (QED) is 0.791. The molecule has 1 aromatic rings. The Morgan fingerprint density at radius 3 is 3.00 bits per heavy atom. The molecule has 108 valence electrons. The van der Waals surface area contributed by atoms with E-state index in [0.717, 1.165) is 0 Å². The number of aromatic nitrogens is 2. The van der Waals surface area contributed by atoms with Crippen molar-refractivity contribution in [3.05, 3.63) is 12.5 Å². The van der Waals surface area contributed by atoms with Gasteiger partial charge in [0.15, 0.2) is 5.03 Å². The van der Waals surface area contributed by atoms with E-state index >= 15 is 0 Å². The van der Waals surface area contributed by atoms with E-state index in [4.69, 9.17) is 4.74 Å². The minimum absolute atomic E-state index is 0.109. The van der Waals surface area contributed by atoms with Crippen LogP contribution in [-0.2, 0) is 21.3 Å². The Bertz CT molecular complexity index is 512. The standard InChI is InChI=1S/C11H20N4O3S/c1-3-14-8-11(13-9-14)19(16,17)15-4-5-18-10(7-15)6-12-2/h8-10,12H,3-7H2,1-2H3. The van der Waals surface area contributed by atoms with Gasteiger partial charge in [-0.15, -0.1) is 0 Å². The van der Waals surface area contributed by atoms with Crippen molar-refractivity contribution in [2.75, 3.05) is 33.3 Å². The zero-order chi connectivity index (χ0) is 13.9. The molecule has 0 amide bonds. The first-order valence-electron chi connectivity index (χ1n) is 6.36. The van der Waals surface area contributed by atoms with Gasteiger partial charge in [-0.2, -0.15) is 4.31 Å². The average molecular weight is 288 g/mol. The van der Waals surface area contributed by atoms with Crippen LogP contribution in [0.2, 0.25) is 0 Å². The third kappa shape index (κ3) is 3.14. The van der Waals surface area contributed by atoms with Crippen LogP contribution in [0.4, 0.5) is 0 Å². The monoisotopic (exact) mass is 288 g/mol. The lowest BCUT2D eigenvalue weighted by molar-refractivity contribution is 0.000761. The summed E-state index contributed by atoms with van der Waals surface area (Å²) < 4.78 is 33.6. The highest BCUT2D eigenvalue weighted by Crippen LogP contribution is 2.17. The van der Waals surface area contributed by atoms with Gasteiger partial charge >= 0.3 is 0 Å². The van der Waals surface area contributed by atoms with Crippen LogP contribution in [-0.4, -0.2) is 61.7 Å². The number of sulfonamides is 1. The molecule has 0 spiro atoms. The minimum Gasteiger partial charge on any atom is -0.374 e. The Morgan fingerprint density at radius 1 is 1.58 bits per heavy atom. The van der Waals surface area contributed by atoms with Gasteiger partial charge < -0.3 is 14.6 Å². The molecule has 0 aliphatic carbocycles. The summed E-state index contributed by atoms with van der Waals surface area (Å²) in [5.41, 5.74) is 0. The van der Waals surface area contributed by atoms with Crippen molar-refractivity contribution in [3.8, 4) is 0 Å². The van der Waals surface area contributed by atoms with Crippen molar-refractivity contribution in [1.82, 2.24) is 19.2 Å². The number of nitrogens with zero attached hydrogens (tertiary/aromatic N) is 3. The highest BCUT2D eigenvalue weighted by Gasteiger charge is 2.31. The summed E-state index contributed by atoms with van der Waals surface area (Å²) in [5, 5.41) is 3.11. The first-order valence-corrected chi connectivity index (χ1v) is 7.80. The van der Waals surface area contributed by atoms with Crippen LogP contribution in [0, 0.1) is 0 Å². The van der Waals surface area contributed by atoms with Gasteiger partial charge in [-0.1, -0.05) is 0 Å². The molecule has 1 saturated heterocycles. The predicted molar refractivity (Wildman–Crippen MR) is 70.3 cm³/mol. The molecule has 2 rings (SSSR count). The molecule has 1 fully saturated rings. The molecule has 1 atom stereocenters. The van der Waals surface area contributed by atoms with Gasteiger partial charge in [-0.05, 0) is 14.0 Å². The third-order valence-corrected chi connectivity index (χ3v) is 4.86. The van der Waals surface area contributed by atoms with Crippen molar-refractivity contribution in [2.45, 2.75) is 24.6 Å². The van der Waals surface area contributed by atoms with Gasteiger partial charge in [0.05, 0.1) is 19.0 Å². The van der Waals surface area contributed by atoms with Crippen molar-refractivity contribution in [3.63, 3.8) is 0 Å². The fourth-order valence-corrected chi connectivity index (χ4v) is 3.43. The van der Waals surface area contributed by atoms with Gasteiger partial charge in [0.2, 0.25) is 0 Å². The summed E-state index contributed by atoms with van der Waals surface area (Å²) >= 11 is 0. The highest BCUT2D eigenvalue weighted by atomic mass is 32.2. The summed E-state index contributed by atoms with van der Waals surface area (Å²) in [6, 6.07) is 0. The molecular weight excluding hydrogens is 268 g/mol. The van der Waals surface area contributed by atoms with Gasteiger partial charge in [-0.25, -0.2) is 13.4 Å². The lowest BCUT2D eigenvalue weighted by Gasteiger charge is -2.31. The fraction of sp³-hybridized carbons (Fsp3) is 0.727. The van der Waals surface area contributed by atoms with E-state index in [1.165, 1.54) is 4.31 Å². The molecule has 0 radical (unpaired) electrons. The Balaban J connectivity index is 2.14. The Labute approximate surface area is 113 Å². The van der Waals surface area contributed by atoms with E-state index in [1.807, 2.05) is 14.0 Å². The summed E-state index contributed by atoms with van der Waals surface area (Å²) in [7, 11) is -1.69. The maximum atomic E-state index is 12.4. The Kier molecular flexibility index (Phi) is 4.56. The predicted octanol–water partition coefficient (Wildman–Crippen LogP) is -0.488. The molecule has 7 nitrogen and oxygen atoms in total. The lowest BCUT2D eigenvalue weighted by atomic mass is 10.3. The molecule has 0 aromatic carbocycles. The van der Waals surface area contributed by atoms with Crippen LogP contribution in [0.1, 0.15) is 6.92 Å². The Morgan fingerprint density at radius 2 is 2.37 bits per heavy atom. The second kappa shape index (κ2) is 6.00. The topological polar surface area (TPSA) is 76.5 Å². The second-order valence-corrected chi connectivity index (χ2v) is 6.34. The molecule has 8 heteroatoms. The van der Waals surface area contributed by atoms with Crippen LogP contribution < -0.4 is 5.32 Å². The van der Waals surface area contributed by atoms with Crippen LogP contribution in [0.25, 0.3) is 0 Å². The van der Waals surface area contributed by atoms with Crippen molar-refractivity contribution < 1.29 is 13.2 Å². The number of hydrogen-bond donors (Lipinski definition) is 1. The number of morpholine rings is 1. The molecule has 1 aromatic heterocycles. The van der Waals surface area contributed by atoms with E-state index in [9.17, 15) is 8.42 Å². The van der Waals surface area contributed by atoms with Crippen molar-refractivity contribution in [1.29, 1.82) is 0 Å². The van der Waals surface area contributed by atoms with Gasteiger partial charge in [0.25, 0.3) is 10.0 Å². The van der Waals surface area contributed by atoms with E-state index in [-0.39, 0.29) is 11.1 Å². The number of nitrogens with one attached hydrogen (secondary N) is 1. The summed E-state index contributed by atoms with van der Waals surface area (Å²) in [4.78, 5) is 3.98. The smallest absolute Gasteiger partial charge is 0.262 e. The summed E-state index contributed by atoms with van der Waals surface area (Å²) in [6.07, 6.45) is 3.00. The average Bonchev–Trinajstić information content (AvgIpc) is 2.89. The Hall–Kier alpha value is -0.960. The summed E-state index contributed by atoms with van der Waals surface area (Å²) in [5.74, 6) is 0. The number of aryl methyl sites for hydroxylation is 1. The van der Waals surface area contributed by atoms with Gasteiger partial charge in [0.1, 0.15) is 0 Å². The first-order chi connectivity index (χ1) is 9.07. The molecule has 0 saturated carbocycles. The van der Waals surface area contributed by atoms with E-state index < -0.39 is 10.0 Å². The number of rotatable bonds is 5. The number of likely N-dealkylation sites (N-methyl/N-ethyl adjacent to an activating group) is 1. The van der Waals surface area contributed by atoms with Crippen LogP contribution in [0.5, 0.6) is 0 Å². The maximum absolute atomic E-state index is 12.4. The highest BCUT2D eigenvalue weighted by molar-refractivity contribution is 7.89. The van der Waals surface area contributed by atoms with E-state index in [1.54, 1.807) is 17.1 Å².